The number of nitrogens with zero attached hydrogens (tertiary/aromatic N) is 1. The number of aromatic amines is 1. The van der Waals surface area contributed by atoms with Gasteiger partial charge in [0.2, 0.25) is 0 Å². The molecular weight excluding hydrogens is 200 g/mol. The molecule has 0 unspecified atom stereocenters. The Balaban J connectivity index is 2.48. The number of aryl methyl sites for hydroxylation is 1. The van der Waals surface area contributed by atoms with Crippen LogP contribution in [-0.2, 0) is 0 Å². The summed E-state index contributed by atoms with van der Waals surface area (Å²) >= 11 is 0. The molecule has 0 aliphatic rings. The fourth-order valence-electron chi connectivity index (χ4n) is 1.73. The molecule has 0 saturated heterocycles. The molecule has 2 N–H and O–H groups in total. The molecule has 0 aliphatic carbocycles. The normalized spacial score (nSPS) is 11.6. The topological polar surface area (TPSA) is 48.4 Å². The second-order valence-electron chi connectivity index (χ2n) is 3.97. The number of benzene rings is 1. The van der Waals surface area contributed by atoms with Gasteiger partial charge in [0.25, 0.3) is 0 Å². The van der Waals surface area contributed by atoms with Gasteiger partial charge >= 0.3 is 0 Å². The van der Waals surface area contributed by atoms with Crippen LogP contribution in [0, 0.1) is 6.92 Å². The highest BCUT2D eigenvalue weighted by molar-refractivity contribution is 6.02. The Kier molecular flexibility index (Phi) is 2.95. The van der Waals surface area contributed by atoms with Gasteiger partial charge in [-0.3, -0.25) is 4.99 Å². The molecule has 0 bridgehead atoms. The second kappa shape index (κ2) is 4.39. The van der Waals surface area contributed by atoms with Gasteiger partial charge in [-0.2, -0.15) is 0 Å². The predicted molar refractivity (Wildman–Crippen MR) is 67.5 cm³/mol. The van der Waals surface area contributed by atoms with Gasteiger partial charge in [0, 0.05) is 23.7 Å². The summed E-state index contributed by atoms with van der Waals surface area (Å²) in [6.45, 7) is 4.90. The minimum absolute atomic E-state index is 0.195. The number of aromatic nitrogens is 1. The fourth-order valence-corrected chi connectivity index (χ4v) is 1.73. The van der Waals surface area contributed by atoms with E-state index >= 15 is 0 Å². The third kappa shape index (κ3) is 1.94. The van der Waals surface area contributed by atoms with Crippen molar-refractivity contribution in [1.29, 1.82) is 0 Å². The quantitative estimate of drug-likeness (QED) is 0.761. The average molecular weight is 216 g/mol. The maximum Gasteiger partial charge on any atom is 0.198 e. The molecule has 3 heteroatoms. The largest absolute Gasteiger partial charge is 0.494 e. The lowest BCUT2D eigenvalue weighted by Crippen LogP contribution is -1.82. The van der Waals surface area contributed by atoms with Gasteiger partial charge in [-0.1, -0.05) is 19.1 Å². The van der Waals surface area contributed by atoms with Crippen molar-refractivity contribution in [2.24, 2.45) is 4.99 Å². The molecule has 0 atom stereocenters. The molecule has 0 saturated carbocycles. The smallest absolute Gasteiger partial charge is 0.198 e. The van der Waals surface area contributed by atoms with Crippen molar-refractivity contribution in [3.63, 3.8) is 0 Å². The monoisotopic (exact) mass is 216 g/mol. The molecule has 0 amide bonds. The van der Waals surface area contributed by atoms with Crippen LogP contribution in [-0.4, -0.2) is 22.8 Å². The van der Waals surface area contributed by atoms with Crippen LogP contribution in [0.3, 0.4) is 0 Å². The van der Waals surface area contributed by atoms with Crippen molar-refractivity contribution < 1.29 is 5.11 Å². The van der Waals surface area contributed by atoms with E-state index in [-0.39, 0.29) is 5.88 Å². The standard InChI is InChI=1S/C13H16N2O/c1-3-6-14-8-11-10-5-4-9(2)7-12(10)15-13(11)16/h4-5,7-8,15-16H,3,6H2,1-2H3. The minimum atomic E-state index is 0.195. The van der Waals surface area contributed by atoms with Crippen LogP contribution in [0.2, 0.25) is 0 Å². The second-order valence-corrected chi connectivity index (χ2v) is 3.97. The molecular formula is C13H16N2O. The van der Waals surface area contributed by atoms with Gasteiger partial charge in [-0.05, 0) is 25.0 Å². The molecule has 1 heterocycles. The van der Waals surface area contributed by atoms with Crippen LogP contribution in [0.5, 0.6) is 5.88 Å². The summed E-state index contributed by atoms with van der Waals surface area (Å²) in [5.41, 5.74) is 2.91. The van der Waals surface area contributed by atoms with Gasteiger partial charge in [0.05, 0.1) is 5.56 Å². The highest BCUT2D eigenvalue weighted by Crippen LogP contribution is 2.26. The van der Waals surface area contributed by atoms with Gasteiger partial charge < -0.3 is 10.1 Å². The van der Waals surface area contributed by atoms with Gasteiger partial charge in [-0.25, -0.2) is 0 Å². The van der Waals surface area contributed by atoms with Gasteiger partial charge in [0.15, 0.2) is 5.88 Å². The van der Waals surface area contributed by atoms with E-state index in [9.17, 15) is 5.11 Å². The molecule has 0 fully saturated rings. The molecule has 16 heavy (non-hydrogen) atoms. The van der Waals surface area contributed by atoms with Gasteiger partial charge in [-0.15, -0.1) is 0 Å². The molecule has 0 aliphatic heterocycles. The van der Waals surface area contributed by atoms with Crippen molar-refractivity contribution in [2.45, 2.75) is 20.3 Å². The Morgan fingerprint density at radius 1 is 1.44 bits per heavy atom. The van der Waals surface area contributed by atoms with E-state index < -0.39 is 0 Å². The van der Waals surface area contributed by atoms with Crippen LogP contribution in [0.4, 0.5) is 0 Å². The highest BCUT2D eigenvalue weighted by atomic mass is 16.3. The van der Waals surface area contributed by atoms with Crippen molar-refractivity contribution in [1.82, 2.24) is 4.98 Å². The average Bonchev–Trinajstić information content (AvgIpc) is 2.55. The number of hydrogen-bond acceptors (Lipinski definition) is 2. The molecule has 0 spiro atoms. The van der Waals surface area contributed by atoms with E-state index in [1.807, 2.05) is 25.1 Å². The fraction of sp³-hybridized carbons (Fsp3) is 0.308. The summed E-state index contributed by atoms with van der Waals surface area (Å²) in [5, 5.41) is 10.8. The SMILES string of the molecule is CCCN=Cc1c(O)[nH]c2cc(C)ccc12. The third-order valence-electron chi connectivity index (χ3n) is 2.55. The van der Waals surface area contributed by atoms with Crippen LogP contribution in [0.1, 0.15) is 24.5 Å². The molecule has 2 aromatic rings. The Morgan fingerprint density at radius 2 is 2.25 bits per heavy atom. The molecule has 0 radical (unpaired) electrons. The zero-order valence-corrected chi connectivity index (χ0v) is 9.62. The Morgan fingerprint density at radius 3 is 3.00 bits per heavy atom. The van der Waals surface area contributed by atoms with E-state index in [1.165, 1.54) is 5.56 Å². The Hall–Kier alpha value is -1.77. The lowest BCUT2D eigenvalue weighted by atomic mass is 10.1. The molecule has 3 nitrogen and oxygen atoms in total. The van der Waals surface area contributed by atoms with Crippen LogP contribution >= 0.6 is 0 Å². The summed E-state index contributed by atoms with van der Waals surface area (Å²) in [6.07, 6.45) is 2.76. The summed E-state index contributed by atoms with van der Waals surface area (Å²) < 4.78 is 0. The third-order valence-corrected chi connectivity index (χ3v) is 2.55. The van der Waals surface area contributed by atoms with Gasteiger partial charge in [0.1, 0.15) is 0 Å². The zero-order valence-electron chi connectivity index (χ0n) is 9.62. The number of hydrogen-bond donors (Lipinski definition) is 2. The predicted octanol–water partition coefficient (Wildman–Crippen LogP) is 3.01. The molecule has 2 rings (SSSR count). The number of aliphatic imine (C=N–C) groups is 1. The molecule has 1 aromatic carbocycles. The first-order valence-corrected chi connectivity index (χ1v) is 5.53. The van der Waals surface area contributed by atoms with Crippen molar-refractivity contribution in [3.05, 3.63) is 29.3 Å². The number of aromatic hydroxyl groups is 1. The first-order valence-electron chi connectivity index (χ1n) is 5.53. The summed E-state index contributed by atoms with van der Waals surface area (Å²) in [4.78, 5) is 7.22. The molecule has 84 valence electrons. The van der Waals surface area contributed by atoms with E-state index in [0.29, 0.717) is 0 Å². The maximum absolute atomic E-state index is 9.78. The van der Waals surface area contributed by atoms with Crippen molar-refractivity contribution >= 4 is 17.1 Å². The summed E-state index contributed by atoms with van der Waals surface area (Å²) in [7, 11) is 0. The Labute approximate surface area is 94.8 Å². The van der Waals surface area contributed by atoms with Crippen LogP contribution in [0.25, 0.3) is 10.9 Å². The van der Waals surface area contributed by atoms with Crippen LogP contribution < -0.4 is 0 Å². The lowest BCUT2D eigenvalue weighted by molar-refractivity contribution is 0.457. The van der Waals surface area contributed by atoms with Crippen molar-refractivity contribution in [2.75, 3.05) is 6.54 Å². The van der Waals surface area contributed by atoms with E-state index in [4.69, 9.17) is 0 Å². The first-order chi connectivity index (χ1) is 7.72. The zero-order chi connectivity index (χ0) is 11.5. The number of nitrogens with one attached hydrogen (secondary N) is 1. The summed E-state index contributed by atoms with van der Waals surface area (Å²) in [5.74, 6) is 0.195. The lowest BCUT2D eigenvalue weighted by Gasteiger charge is -1.93. The van der Waals surface area contributed by atoms with Crippen LogP contribution in [0.15, 0.2) is 23.2 Å². The van der Waals surface area contributed by atoms with E-state index in [1.54, 1.807) is 6.21 Å². The highest BCUT2D eigenvalue weighted by Gasteiger charge is 2.07. The molecule has 1 aromatic heterocycles. The summed E-state index contributed by atoms with van der Waals surface area (Å²) in [6, 6.07) is 6.06. The number of H-pyrrole nitrogens is 1. The number of rotatable bonds is 3. The first kappa shape index (κ1) is 10.7. The number of fused-ring (bicyclic) bond motifs is 1. The van der Waals surface area contributed by atoms with Crippen molar-refractivity contribution in [3.8, 4) is 5.88 Å². The minimum Gasteiger partial charge on any atom is -0.494 e. The maximum atomic E-state index is 9.78. The van der Waals surface area contributed by atoms with E-state index in [2.05, 4.69) is 16.9 Å². The van der Waals surface area contributed by atoms with E-state index in [0.717, 1.165) is 29.4 Å². The Bertz CT molecular complexity index is 526.